The molecule has 1 aliphatic rings. The zero-order chi connectivity index (χ0) is 22.7. The molecule has 1 N–H and O–H groups in total. The third kappa shape index (κ3) is 5.05. The van der Waals surface area contributed by atoms with E-state index in [0.29, 0.717) is 33.6 Å². The van der Waals surface area contributed by atoms with Gasteiger partial charge in [0.2, 0.25) is 0 Å². The monoisotopic (exact) mass is 451 g/mol. The maximum atomic E-state index is 13.1. The van der Waals surface area contributed by atoms with Crippen molar-refractivity contribution in [2.75, 3.05) is 26.2 Å². The Labute approximate surface area is 194 Å². The van der Waals surface area contributed by atoms with Gasteiger partial charge >= 0.3 is 0 Å². The minimum atomic E-state index is -0.163. The van der Waals surface area contributed by atoms with Crippen LogP contribution in [0.15, 0.2) is 59.5 Å². The van der Waals surface area contributed by atoms with Crippen molar-refractivity contribution in [2.45, 2.75) is 26.7 Å². The van der Waals surface area contributed by atoms with Crippen molar-refractivity contribution in [1.82, 2.24) is 14.8 Å². The van der Waals surface area contributed by atoms with Crippen molar-refractivity contribution in [2.24, 2.45) is 11.8 Å². The molecule has 0 spiro atoms. The molecule has 2 unspecified atom stereocenters. The Morgan fingerprint density at radius 1 is 1.03 bits per heavy atom. The second-order valence-corrected chi connectivity index (χ2v) is 9.49. The third-order valence-electron chi connectivity index (χ3n) is 6.16. The number of carbonyl (C=O) groups is 1. The summed E-state index contributed by atoms with van der Waals surface area (Å²) in [4.78, 5) is 28.7. The van der Waals surface area contributed by atoms with Crippen LogP contribution in [-0.4, -0.2) is 41.6 Å². The molecule has 2 heterocycles. The summed E-state index contributed by atoms with van der Waals surface area (Å²) in [5.74, 6) is 1.30. The lowest BCUT2D eigenvalue weighted by atomic mass is 9.92. The van der Waals surface area contributed by atoms with E-state index in [4.69, 9.17) is 11.6 Å². The minimum absolute atomic E-state index is 0.159. The van der Waals surface area contributed by atoms with E-state index in [1.165, 1.54) is 11.0 Å². The van der Waals surface area contributed by atoms with Gasteiger partial charge in [-0.25, -0.2) is 0 Å². The SMILES string of the molecule is CC1CC(C)CN(CCCNC(=O)c2cn(-c3ccc(Cl)cc3)c(=O)c3ccccc23)C1. The Bertz CT molecular complexity index is 1150. The molecule has 4 rings (SSSR count). The van der Waals surface area contributed by atoms with E-state index in [9.17, 15) is 9.59 Å². The average Bonchev–Trinajstić information content (AvgIpc) is 2.77. The molecular weight excluding hydrogens is 422 g/mol. The molecule has 0 bridgehead atoms. The van der Waals surface area contributed by atoms with Gasteiger partial charge in [0, 0.05) is 47.3 Å². The highest BCUT2D eigenvalue weighted by Crippen LogP contribution is 2.21. The first-order valence-electron chi connectivity index (χ1n) is 11.3. The third-order valence-corrected chi connectivity index (χ3v) is 6.41. The van der Waals surface area contributed by atoms with Gasteiger partial charge in [0.15, 0.2) is 0 Å². The Hall–Kier alpha value is -2.63. The van der Waals surface area contributed by atoms with Crippen molar-refractivity contribution in [3.05, 3.63) is 75.7 Å². The molecule has 3 aromatic rings. The van der Waals surface area contributed by atoms with Gasteiger partial charge in [0.05, 0.1) is 5.56 Å². The van der Waals surface area contributed by atoms with Gasteiger partial charge in [-0.05, 0) is 61.6 Å². The zero-order valence-corrected chi connectivity index (χ0v) is 19.4. The van der Waals surface area contributed by atoms with Crippen LogP contribution in [0.4, 0.5) is 0 Å². The summed E-state index contributed by atoms with van der Waals surface area (Å²) in [6.07, 6.45) is 3.83. The van der Waals surface area contributed by atoms with Crippen LogP contribution >= 0.6 is 11.6 Å². The summed E-state index contributed by atoms with van der Waals surface area (Å²) in [5, 5.41) is 4.84. The number of nitrogens with zero attached hydrogens (tertiary/aromatic N) is 2. The molecule has 1 saturated heterocycles. The van der Waals surface area contributed by atoms with Gasteiger partial charge in [0.25, 0.3) is 11.5 Å². The molecular formula is C26H30ClN3O2. The summed E-state index contributed by atoms with van der Waals surface area (Å²) in [6, 6.07) is 14.3. The van der Waals surface area contributed by atoms with E-state index < -0.39 is 0 Å². The highest BCUT2D eigenvalue weighted by atomic mass is 35.5. The summed E-state index contributed by atoms with van der Waals surface area (Å²) in [5.41, 5.74) is 1.01. The number of pyridine rings is 1. The molecule has 32 heavy (non-hydrogen) atoms. The summed E-state index contributed by atoms with van der Waals surface area (Å²) in [7, 11) is 0. The molecule has 0 aliphatic carbocycles. The standard InChI is InChI=1S/C26H30ClN3O2/c1-18-14-19(2)16-29(15-18)13-5-12-28-25(31)24-17-30(21-10-8-20(27)9-11-21)26(32)23-7-4-3-6-22(23)24/h3-4,6-11,17-19H,5,12-16H2,1-2H3,(H,28,31). The Balaban J connectivity index is 1.51. The van der Waals surface area contributed by atoms with Crippen molar-refractivity contribution in [1.29, 1.82) is 0 Å². The molecule has 6 heteroatoms. The number of aromatic nitrogens is 1. The van der Waals surface area contributed by atoms with Gasteiger partial charge < -0.3 is 10.2 Å². The summed E-state index contributed by atoms with van der Waals surface area (Å²) in [6.45, 7) is 8.48. The van der Waals surface area contributed by atoms with Crippen molar-refractivity contribution in [3.63, 3.8) is 0 Å². The maximum Gasteiger partial charge on any atom is 0.262 e. The number of halogens is 1. The Morgan fingerprint density at radius 3 is 2.38 bits per heavy atom. The lowest BCUT2D eigenvalue weighted by Gasteiger charge is -2.34. The first-order valence-corrected chi connectivity index (χ1v) is 11.7. The number of likely N-dealkylation sites (tertiary alicyclic amines) is 1. The van der Waals surface area contributed by atoms with Crippen LogP contribution in [0.3, 0.4) is 0 Å². The molecule has 168 valence electrons. The fourth-order valence-electron chi connectivity index (χ4n) is 4.84. The molecule has 2 aromatic carbocycles. The number of amides is 1. The van der Waals surface area contributed by atoms with Crippen molar-refractivity contribution < 1.29 is 4.79 Å². The van der Waals surface area contributed by atoms with Crippen LogP contribution in [0, 0.1) is 11.8 Å². The van der Waals surface area contributed by atoms with E-state index in [2.05, 4.69) is 24.1 Å². The minimum Gasteiger partial charge on any atom is -0.352 e. The van der Waals surface area contributed by atoms with E-state index in [1.807, 2.05) is 18.2 Å². The van der Waals surface area contributed by atoms with Crippen LogP contribution in [0.2, 0.25) is 5.02 Å². The second-order valence-electron chi connectivity index (χ2n) is 9.06. The largest absolute Gasteiger partial charge is 0.352 e. The fourth-order valence-corrected chi connectivity index (χ4v) is 4.97. The van der Waals surface area contributed by atoms with Gasteiger partial charge in [0.1, 0.15) is 0 Å². The number of rotatable bonds is 6. The van der Waals surface area contributed by atoms with E-state index >= 15 is 0 Å². The lowest BCUT2D eigenvalue weighted by molar-refractivity contribution is 0.0948. The van der Waals surface area contributed by atoms with Crippen LogP contribution in [0.25, 0.3) is 16.5 Å². The number of carbonyl (C=O) groups excluding carboxylic acids is 1. The highest BCUT2D eigenvalue weighted by molar-refractivity contribution is 6.30. The van der Waals surface area contributed by atoms with Gasteiger partial charge in [-0.2, -0.15) is 0 Å². The average molecular weight is 452 g/mol. The molecule has 5 nitrogen and oxygen atoms in total. The van der Waals surface area contributed by atoms with Crippen LogP contribution in [-0.2, 0) is 0 Å². The van der Waals surface area contributed by atoms with Crippen LogP contribution < -0.4 is 10.9 Å². The van der Waals surface area contributed by atoms with E-state index in [-0.39, 0.29) is 11.5 Å². The molecule has 1 fully saturated rings. The number of benzene rings is 2. The molecule has 1 aliphatic heterocycles. The normalized spacial score (nSPS) is 19.2. The molecule has 0 saturated carbocycles. The Morgan fingerprint density at radius 2 is 1.69 bits per heavy atom. The first kappa shape index (κ1) is 22.6. The Kier molecular flexibility index (Phi) is 6.97. The number of nitrogens with one attached hydrogen (secondary N) is 1. The van der Waals surface area contributed by atoms with Crippen LogP contribution in [0.1, 0.15) is 37.0 Å². The molecule has 2 atom stereocenters. The van der Waals surface area contributed by atoms with Gasteiger partial charge in [-0.1, -0.05) is 43.6 Å². The predicted octanol–water partition coefficient (Wildman–Crippen LogP) is 4.74. The number of piperidine rings is 1. The molecule has 0 radical (unpaired) electrons. The first-order chi connectivity index (χ1) is 15.4. The maximum absolute atomic E-state index is 13.1. The fraction of sp³-hybridized carbons (Fsp3) is 0.385. The summed E-state index contributed by atoms with van der Waals surface area (Å²) >= 11 is 6.00. The second kappa shape index (κ2) is 9.88. The molecule has 1 aromatic heterocycles. The quantitative estimate of drug-likeness (QED) is 0.550. The van der Waals surface area contributed by atoms with Gasteiger partial charge in [-0.15, -0.1) is 0 Å². The number of hydrogen-bond acceptors (Lipinski definition) is 3. The highest BCUT2D eigenvalue weighted by Gasteiger charge is 2.21. The van der Waals surface area contributed by atoms with Crippen LogP contribution in [0.5, 0.6) is 0 Å². The van der Waals surface area contributed by atoms with Crippen molar-refractivity contribution >= 4 is 28.3 Å². The summed E-state index contributed by atoms with van der Waals surface area (Å²) < 4.78 is 1.52. The smallest absolute Gasteiger partial charge is 0.262 e. The number of fused-ring (bicyclic) bond motifs is 1. The zero-order valence-electron chi connectivity index (χ0n) is 18.7. The van der Waals surface area contributed by atoms with E-state index in [0.717, 1.165) is 37.9 Å². The predicted molar refractivity (Wildman–Crippen MR) is 131 cm³/mol. The number of hydrogen-bond donors (Lipinski definition) is 1. The van der Waals surface area contributed by atoms with E-state index in [1.54, 1.807) is 36.5 Å². The van der Waals surface area contributed by atoms with Crippen molar-refractivity contribution in [3.8, 4) is 5.69 Å². The molecule has 1 amide bonds. The lowest BCUT2D eigenvalue weighted by Crippen LogP contribution is -2.40. The van der Waals surface area contributed by atoms with Gasteiger partial charge in [-0.3, -0.25) is 14.2 Å². The topological polar surface area (TPSA) is 54.3 Å².